The summed E-state index contributed by atoms with van der Waals surface area (Å²) in [5.74, 6) is 0.0767. The quantitative estimate of drug-likeness (QED) is 0.922. The van der Waals surface area contributed by atoms with Gasteiger partial charge in [0.1, 0.15) is 23.1 Å². The highest BCUT2D eigenvalue weighted by molar-refractivity contribution is 6.05. The van der Waals surface area contributed by atoms with E-state index in [0.29, 0.717) is 22.9 Å². The SMILES string of the molecule is COc1ccc(C(=O)Nc2cc(OC)ccc2OC)c(F)c1. The van der Waals surface area contributed by atoms with Crippen molar-refractivity contribution in [1.82, 2.24) is 0 Å². The predicted octanol–water partition coefficient (Wildman–Crippen LogP) is 3.10. The van der Waals surface area contributed by atoms with Crippen molar-refractivity contribution in [3.63, 3.8) is 0 Å². The Bertz CT molecular complexity index is 688. The summed E-state index contributed by atoms with van der Waals surface area (Å²) in [5, 5.41) is 2.61. The first-order valence-electron chi connectivity index (χ1n) is 6.46. The molecule has 0 radical (unpaired) electrons. The van der Waals surface area contributed by atoms with Gasteiger partial charge in [0.25, 0.3) is 5.91 Å². The minimum absolute atomic E-state index is 0.0920. The molecular formula is C16H16FNO4. The molecule has 2 aromatic rings. The number of carbonyl (C=O) groups is 1. The first kappa shape index (κ1) is 15.6. The minimum atomic E-state index is -0.668. The highest BCUT2D eigenvalue weighted by atomic mass is 19.1. The molecular weight excluding hydrogens is 289 g/mol. The zero-order valence-corrected chi connectivity index (χ0v) is 12.5. The molecule has 0 saturated heterocycles. The lowest BCUT2D eigenvalue weighted by atomic mass is 10.1. The van der Waals surface area contributed by atoms with E-state index in [1.807, 2.05) is 0 Å². The van der Waals surface area contributed by atoms with Crippen LogP contribution in [0.4, 0.5) is 10.1 Å². The van der Waals surface area contributed by atoms with E-state index < -0.39 is 11.7 Å². The molecule has 2 rings (SSSR count). The van der Waals surface area contributed by atoms with Crippen molar-refractivity contribution in [3.05, 3.63) is 47.8 Å². The van der Waals surface area contributed by atoms with Crippen molar-refractivity contribution in [2.45, 2.75) is 0 Å². The van der Waals surface area contributed by atoms with E-state index in [-0.39, 0.29) is 5.56 Å². The van der Waals surface area contributed by atoms with E-state index in [9.17, 15) is 9.18 Å². The summed E-state index contributed by atoms with van der Waals surface area (Å²) >= 11 is 0. The lowest BCUT2D eigenvalue weighted by molar-refractivity contribution is 0.102. The highest BCUT2D eigenvalue weighted by Crippen LogP contribution is 2.29. The van der Waals surface area contributed by atoms with E-state index in [1.165, 1.54) is 33.5 Å². The Balaban J connectivity index is 2.28. The first-order chi connectivity index (χ1) is 10.6. The zero-order chi connectivity index (χ0) is 16.1. The highest BCUT2D eigenvalue weighted by Gasteiger charge is 2.15. The average Bonchev–Trinajstić information content (AvgIpc) is 2.54. The number of halogens is 1. The number of anilines is 1. The van der Waals surface area contributed by atoms with Crippen molar-refractivity contribution in [1.29, 1.82) is 0 Å². The van der Waals surface area contributed by atoms with Gasteiger partial charge in [-0.15, -0.1) is 0 Å². The summed E-state index contributed by atoms with van der Waals surface area (Å²) in [5.41, 5.74) is 0.299. The number of methoxy groups -OCH3 is 3. The van der Waals surface area contributed by atoms with Gasteiger partial charge in [-0.2, -0.15) is 0 Å². The van der Waals surface area contributed by atoms with Crippen LogP contribution < -0.4 is 19.5 Å². The molecule has 1 N–H and O–H groups in total. The maximum atomic E-state index is 13.9. The Morgan fingerprint density at radius 3 is 2.18 bits per heavy atom. The minimum Gasteiger partial charge on any atom is -0.497 e. The van der Waals surface area contributed by atoms with Crippen molar-refractivity contribution in [2.75, 3.05) is 26.6 Å². The van der Waals surface area contributed by atoms with Crippen LogP contribution in [0.2, 0.25) is 0 Å². The van der Waals surface area contributed by atoms with Crippen molar-refractivity contribution >= 4 is 11.6 Å². The third-order valence-corrected chi connectivity index (χ3v) is 3.08. The normalized spacial score (nSPS) is 10.0. The lowest BCUT2D eigenvalue weighted by Crippen LogP contribution is -2.14. The molecule has 0 spiro atoms. The Morgan fingerprint density at radius 1 is 0.955 bits per heavy atom. The van der Waals surface area contributed by atoms with Crippen LogP contribution in [-0.4, -0.2) is 27.2 Å². The molecule has 0 aliphatic carbocycles. The Hall–Kier alpha value is -2.76. The van der Waals surface area contributed by atoms with Gasteiger partial charge in [0, 0.05) is 12.1 Å². The van der Waals surface area contributed by atoms with Crippen LogP contribution in [0.5, 0.6) is 17.2 Å². The largest absolute Gasteiger partial charge is 0.497 e. The van der Waals surface area contributed by atoms with Crippen LogP contribution in [0.15, 0.2) is 36.4 Å². The van der Waals surface area contributed by atoms with Gasteiger partial charge in [0.2, 0.25) is 0 Å². The van der Waals surface area contributed by atoms with Crippen molar-refractivity contribution in [2.24, 2.45) is 0 Å². The number of rotatable bonds is 5. The van der Waals surface area contributed by atoms with Gasteiger partial charge in [-0.05, 0) is 24.3 Å². The number of hydrogen-bond acceptors (Lipinski definition) is 4. The molecule has 0 unspecified atom stereocenters. The second-order valence-corrected chi connectivity index (χ2v) is 4.37. The van der Waals surface area contributed by atoms with Crippen LogP contribution in [0, 0.1) is 5.82 Å². The van der Waals surface area contributed by atoms with Crippen LogP contribution in [0.1, 0.15) is 10.4 Å². The van der Waals surface area contributed by atoms with Crippen LogP contribution in [0.25, 0.3) is 0 Å². The molecule has 0 heterocycles. The molecule has 6 heteroatoms. The number of carbonyl (C=O) groups excluding carboxylic acids is 1. The number of ether oxygens (including phenoxy) is 3. The molecule has 0 aliphatic rings. The summed E-state index contributed by atoms with van der Waals surface area (Å²) < 4.78 is 29.1. The van der Waals surface area contributed by atoms with Gasteiger partial charge in [-0.25, -0.2) is 4.39 Å². The molecule has 0 fully saturated rings. The number of hydrogen-bond donors (Lipinski definition) is 1. The summed E-state index contributed by atoms with van der Waals surface area (Å²) in [4.78, 5) is 12.2. The van der Waals surface area contributed by atoms with Crippen molar-refractivity contribution in [3.8, 4) is 17.2 Å². The van der Waals surface area contributed by atoms with E-state index in [4.69, 9.17) is 14.2 Å². The summed E-state index contributed by atoms with van der Waals surface area (Å²) in [6.07, 6.45) is 0. The first-order valence-corrected chi connectivity index (χ1v) is 6.46. The number of nitrogens with one attached hydrogen (secondary N) is 1. The Labute approximate surface area is 127 Å². The molecule has 0 saturated carbocycles. The fourth-order valence-electron chi connectivity index (χ4n) is 1.91. The summed E-state index contributed by atoms with van der Waals surface area (Å²) in [6, 6.07) is 8.97. The van der Waals surface area contributed by atoms with Crippen LogP contribution in [0.3, 0.4) is 0 Å². The second-order valence-electron chi connectivity index (χ2n) is 4.37. The standard InChI is InChI=1S/C16H16FNO4/c1-20-10-4-6-12(13(17)8-10)16(19)18-14-9-11(21-2)5-7-15(14)22-3/h4-9H,1-3H3,(H,18,19). The smallest absolute Gasteiger partial charge is 0.258 e. The molecule has 116 valence electrons. The molecule has 0 aliphatic heterocycles. The third kappa shape index (κ3) is 3.28. The van der Waals surface area contributed by atoms with Gasteiger partial charge in [0.05, 0.1) is 32.6 Å². The molecule has 2 aromatic carbocycles. The topological polar surface area (TPSA) is 56.8 Å². The Kier molecular flexibility index (Phi) is 4.83. The van der Waals surface area contributed by atoms with E-state index in [2.05, 4.69) is 5.32 Å². The lowest BCUT2D eigenvalue weighted by Gasteiger charge is -2.12. The fourth-order valence-corrected chi connectivity index (χ4v) is 1.91. The van der Waals surface area contributed by atoms with Gasteiger partial charge >= 0.3 is 0 Å². The molecule has 1 amide bonds. The van der Waals surface area contributed by atoms with Gasteiger partial charge in [0.15, 0.2) is 0 Å². The van der Waals surface area contributed by atoms with Crippen LogP contribution >= 0.6 is 0 Å². The predicted molar refractivity (Wildman–Crippen MR) is 80.5 cm³/mol. The van der Waals surface area contributed by atoms with E-state index in [1.54, 1.807) is 18.2 Å². The zero-order valence-electron chi connectivity index (χ0n) is 12.5. The summed E-state index contributed by atoms with van der Waals surface area (Å²) in [6.45, 7) is 0. The van der Waals surface area contributed by atoms with E-state index in [0.717, 1.165) is 6.07 Å². The maximum Gasteiger partial charge on any atom is 0.258 e. The molecule has 0 bridgehead atoms. The monoisotopic (exact) mass is 305 g/mol. The van der Waals surface area contributed by atoms with Gasteiger partial charge in [-0.1, -0.05) is 0 Å². The van der Waals surface area contributed by atoms with Crippen molar-refractivity contribution < 1.29 is 23.4 Å². The Morgan fingerprint density at radius 2 is 1.59 bits per heavy atom. The van der Waals surface area contributed by atoms with Crippen LogP contribution in [-0.2, 0) is 0 Å². The summed E-state index contributed by atoms with van der Waals surface area (Å²) in [7, 11) is 4.41. The fraction of sp³-hybridized carbons (Fsp3) is 0.188. The maximum absolute atomic E-state index is 13.9. The van der Waals surface area contributed by atoms with Gasteiger partial charge in [-0.3, -0.25) is 4.79 Å². The molecule has 0 atom stereocenters. The third-order valence-electron chi connectivity index (χ3n) is 3.08. The molecule has 22 heavy (non-hydrogen) atoms. The molecule has 5 nitrogen and oxygen atoms in total. The van der Waals surface area contributed by atoms with E-state index >= 15 is 0 Å². The number of benzene rings is 2. The van der Waals surface area contributed by atoms with Gasteiger partial charge < -0.3 is 19.5 Å². The average molecular weight is 305 g/mol. The number of amides is 1. The second kappa shape index (κ2) is 6.80. The molecule has 0 aromatic heterocycles.